The molecule has 0 fully saturated rings. The largest absolute Gasteiger partial charge is 0.365 e. The van der Waals surface area contributed by atoms with Crippen molar-refractivity contribution in [1.29, 1.82) is 0 Å². The van der Waals surface area contributed by atoms with E-state index in [0.717, 1.165) is 4.57 Å². The molecule has 0 radical (unpaired) electrons. The van der Waals surface area contributed by atoms with Gasteiger partial charge in [-0.1, -0.05) is 15.9 Å². The molecule has 0 unspecified atom stereocenters. The van der Waals surface area contributed by atoms with Gasteiger partial charge in [-0.3, -0.25) is 4.79 Å². The molecule has 0 aliphatic heterocycles. The lowest BCUT2D eigenvalue weighted by Crippen LogP contribution is -2.25. The molecule has 19 heavy (non-hydrogen) atoms. The van der Waals surface area contributed by atoms with Crippen molar-refractivity contribution in [3.05, 3.63) is 50.7 Å². The minimum Gasteiger partial charge on any atom is -0.365 e. The van der Waals surface area contributed by atoms with Gasteiger partial charge in [-0.25, -0.2) is 9.18 Å². The summed E-state index contributed by atoms with van der Waals surface area (Å²) in [6, 6.07) is 4.15. The van der Waals surface area contributed by atoms with E-state index in [0.29, 0.717) is 4.47 Å². The lowest BCUT2D eigenvalue weighted by Gasteiger charge is -2.08. The Labute approximate surface area is 116 Å². The number of carbonyl (C=O) groups is 1. The monoisotopic (exact) mass is 325 g/mol. The van der Waals surface area contributed by atoms with Crippen LogP contribution < -0.4 is 11.4 Å². The highest BCUT2D eigenvalue weighted by atomic mass is 79.9. The summed E-state index contributed by atoms with van der Waals surface area (Å²) >= 11 is 3.19. The number of primary amides is 1. The molecule has 98 valence electrons. The zero-order chi connectivity index (χ0) is 14.2. The van der Waals surface area contributed by atoms with Crippen molar-refractivity contribution in [3.63, 3.8) is 0 Å². The van der Waals surface area contributed by atoms with Crippen LogP contribution in [0.3, 0.4) is 0 Å². The molecule has 0 saturated heterocycles. The number of nitrogens with two attached hydrogens (primary N) is 1. The number of aromatic nitrogens is 2. The lowest BCUT2D eigenvalue weighted by molar-refractivity contribution is 0.1000. The summed E-state index contributed by atoms with van der Waals surface area (Å²) in [5, 5.41) is 0. The Morgan fingerprint density at radius 3 is 2.79 bits per heavy atom. The first-order valence-corrected chi connectivity index (χ1v) is 6.02. The Morgan fingerprint density at radius 2 is 2.16 bits per heavy atom. The van der Waals surface area contributed by atoms with Crippen molar-refractivity contribution < 1.29 is 9.18 Å². The first-order chi connectivity index (χ1) is 8.90. The average molecular weight is 326 g/mol. The SMILES string of the molecule is Cn1cc(C(N)=O)c(-c2cc(Br)ccc2F)nc1=O. The fraction of sp³-hybridized carbons (Fsp3) is 0.0833. The third-order valence-corrected chi connectivity index (χ3v) is 3.03. The predicted octanol–water partition coefficient (Wildman–Crippen LogP) is 1.45. The number of nitrogens with zero attached hydrogens (tertiary/aromatic N) is 2. The van der Waals surface area contributed by atoms with Gasteiger partial charge in [0.1, 0.15) is 5.82 Å². The highest BCUT2D eigenvalue weighted by Gasteiger charge is 2.17. The second-order valence-electron chi connectivity index (χ2n) is 3.89. The highest BCUT2D eigenvalue weighted by Crippen LogP contribution is 2.26. The number of amides is 1. The number of hydrogen-bond donors (Lipinski definition) is 1. The maximum absolute atomic E-state index is 13.8. The summed E-state index contributed by atoms with van der Waals surface area (Å²) in [4.78, 5) is 26.6. The van der Waals surface area contributed by atoms with Crippen LogP contribution in [0.15, 0.2) is 33.7 Å². The molecule has 0 bridgehead atoms. The number of halogens is 2. The minimum atomic E-state index is -0.780. The van der Waals surface area contributed by atoms with Crippen molar-refractivity contribution in [2.45, 2.75) is 0 Å². The quantitative estimate of drug-likeness (QED) is 0.907. The van der Waals surface area contributed by atoms with Crippen molar-refractivity contribution in [2.75, 3.05) is 0 Å². The van der Waals surface area contributed by atoms with Crippen LogP contribution in [-0.4, -0.2) is 15.5 Å². The third kappa shape index (κ3) is 2.55. The van der Waals surface area contributed by atoms with E-state index in [1.807, 2.05) is 0 Å². The summed E-state index contributed by atoms with van der Waals surface area (Å²) in [6.45, 7) is 0. The molecule has 1 heterocycles. The zero-order valence-corrected chi connectivity index (χ0v) is 11.4. The molecule has 0 aliphatic rings. The number of benzene rings is 1. The molecule has 1 aromatic heterocycles. The van der Waals surface area contributed by atoms with Crippen LogP contribution in [0.25, 0.3) is 11.3 Å². The van der Waals surface area contributed by atoms with Gasteiger partial charge in [-0.05, 0) is 18.2 Å². The van der Waals surface area contributed by atoms with E-state index < -0.39 is 17.4 Å². The molecule has 1 aromatic carbocycles. The van der Waals surface area contributed by atoms with E-state index in [9.17, 15) is 14.0 Å². The van der Waals surface area contributed by atoms with E-state index in [4.69, 9.17) is 5.73 Å². The molecular weight excluding hydrogens is 317 g/mol. The Hall–Kier alpha value is -2.02. The molecule has 0 aliphatic carbocycles. The maximum Gasteiger partial charge on any atom is 0.347 e. The minimum absolute atomic E-state index is 0.0147. The van der Waals surface area contributed by atoms with Gasteiger partial charge in [0.25, 0.3) is 5.91 Å². The first kappa shape index (κ1) is 13.4. The van der Waals surface area contributed by atoms with Crippen LogP contribution in [0.1, 0.15) is 10.4 Å². The molecule has 0 saturated carbocycles. The van der Waals surface area contributed by atoms with Crippen molar-refractivity contribution in [3.8, 4) is 11.3 Å². The molecule has 5 nitrogen and oxygen atoms in total. The van der Waals surface area contributed by atoms with Crippen molar-refractivity contribution in [1.82, 2.24) is 9.55 Å². The van der Waals surface area contributed by atoms with Crippen molar-refractivity contribution in [2.24, 2.45) is 12.8 Å². The van der Waals surface area contributed by atoms with Crippen molar-refractivity contribution >= 4 is 21.8 Å². The fourth-order valence-electron chi connectivity index (χ4n) is 1.61. The van der Waals surface area contributed by atoms with Gasteiger partial charge in [-0.2, -0.15) is 4.98 Å². The van der Waals surface area contributed by atoms with E-state index in [2.05, 4.69) is 20.9 Å². The Morgan fingerprint density at radius 1 is 1.47 bits per heavy atom. The van der Waals surface area contributed by atoms with Gasteiger partial charge in [0.2, 0.25) is 0 Å². The second kappa shape index (κ2) is 4.93. The average Bonchev–Trinajstić information content (AvgIpc) is 2.35. The van der Waals surface area contributed by atoms with Crippen LogP contribution in [0.5, 0.6) is 0 Å². The highest BCUT2D eigenvalue weighted by molar-refractivity contribution is 9.10. The number of hydrogen-bond acceptors (Lipinski definition) is 3. The predicted molar refractivity (Wildman–Crippen MR) is 71.1 cm³/mol. The summed E-state index contributed by atoms with van der Waals surface area (Å²) in [5.74, 6) is -1.37. The second-order valence-corrected chi connectivity index (χ2v) is 4.80. The molecule has 2 N–H and O–H groups in total. The lowest BCUT2D eigenvalue weighted by atomic mass is 10.1. The van der Waals surface area contributed by atoms with E-state index in [-0.39, 0.29) is 16.8 Å². The summed E-state index contributed by atoms with van der Waals surface area (Å²) in [5.41, 5.74) is 4.60. The fourth-order valence-corrected chi connectivity index (χ4v) is 1.97. The van der Waals surface area contributed by atoms with E-state index >= 15 is 0 Å². The van der Waals surface area contributed by atoms with Gasteiger partial charge >= 0.3 is 5.69 Å². The topological polar surface area (TPSA) is 78.0 Å². The first-order valence-electron chi connectivity index (χ1n) is 5.23. The van der Waals surface area contributed by atoms with Gasteiger partial charge in [0.05, 0.1) is 11.3 Å². The molecule has 0 spiro atoms. The van der Waals surface area contributed by atoms with E-state index in [1.54, 1.807) is 0 Å². The molecule has 7 heteroatoms. The molecule has 2 rings (SSSR count). The number of rotatable bonds is 2. The Kier molecular flexibility index (Phi) is 3.48. The molecule has 1 amide bonds. The normalized spacial score (nSPS) is 10.5. The smallest absolute Gasteiger partial charge is 0.347 e. The van der Waals surface area contributed by atoms with E-state index in [1.165, 1.54) is 31.4 Å². The Balaban J connectivity index is 2.81. The zero-order valence-electron chi connectivity index (χ0n) is 9.85. The van der Waals surface area contributed by atoms with Crippen LogP contribution in [-0.2, 0) is 7.05 Å². The number of aryl methyl sites for hydroxylation is 1. The van der Waals surface area contributed by atoms with Crippen LogP contribution >= 0.6 is 15.9 Å². The van der Waals surface area contributed by atoms with Gasteiger partial charge in [0.15, 0.2) is 0 Å². The number of carbonyl (C=O) groups excluding carboxylic acids is 1. The third-order valence-electron chi connectivity index (χ3n) is 2.54. The maximum atomic E-state index is 13.8. The van der Waals surface area contributed by atoms with Crippen LogP contribution in [0.2, 0.25) is 0 Å². The summed E-state index contributed by atoms with van der Waals surface area (Å²) < 4.78 is 15.5. The van der Waals surface area contributed by atoms with Crippen LogP contribution in [0, 0.1) is 5.82 Å². The summed E-state index contributed by atoms with van der Waals surface area (Å²) in [6.07, 6.45) is 1.24. The molecule has 2 aromatic rings. The van der Waals surface area contributed by atoms with Gasteiger partial charge < -0.3 is 10.3 Å². The molecule has 0 atom stereocenters. The summed E-state index contributed by atoms with van der Waals surface area (Å²) in [7, 11) is 1.43. The van der Waals surface area contributed by atoms with Crippen LogP contribution in [0.4, 0.5) is 4.39 Å². The standard InChI is InChI=1S/C12H9BrFN3O2/c1-17-5-8(11(15)18)10(16-12(17)19)7-4-6(13)2-3-9(7)14/h2-5H,1H3,(H2,15,18). The van der Waals surface area contributed by atoms with Gasteiger partial charge in [0, 0.05) is 23.3 Å². The Bertz CT molecular complexity index is 727. The van der Waals surface area contributed by atoms with Gasteiger partial charge in [-0.15, -0.1) is 0 Å². The molecular formula is C12H9BrFN3O2.